The monoisotopic (exact) mass is 353 g/mol. The highest BCUT2D eigenvalue weighted by atomic mass is 35.5. The summed E-state index contributed by atoms with van der Waals surface area (Å²) in [5, 5.41) is 8.04. The third-order valence-corrected chi connectivity index (χ3v) is 3.09. The van der Waals surface area contributed by atoms with Gasteiger partial charge in [0.15, 0.2) is 12.4 Å². The summed E-state index contributed by atoms with van der Waals surface area (Å²) in [4.78, 5) is 24.0. The Morgan fingerprint density at radius 2 is 1.71 bits per heavy atom. The number of aromatic nitrogens is 3. The highest BCUT2D eigenvalue weighted by Crippen LogP contribution is 2.17. The van der Waals surface area contributed by atoms with E-state index in [9.17, 15) is 9.59 Å². The first-order valence-corrected chi connectivity index (χ1v) is 7.60. The van der Waals surface area contributed by atoms with Crippen molar-refractivity contribution in [2.75, 3.05) is 13.2 Å². The number of nitrogens with zero attached hydrogens (tertiary/aromatic N) is 3. The summed E-state index contributed by atoms with van der Waals surface area (Å²) in [5.74, 6) is -0.967. The Morgan fingerprint density at radius 3 is 2.33 bits per heavy atom. The first kappa shape index (κ1) is 17.7. The van der Waals surface area contributed by atoms with Crippen LogP contribution in [0.3, 0.4) is 0 Å². The summed E-state index contributed by atoms with van der Waals surface area (Å²) in [5.41, 5.74) is -0.334. The second-order valence-electron chi connectivity index (χ2n) is 4.45. The summed E-state index contributed by atoms with van der Waals surface area (Å²) in [6, 6.07) is 6.65. The molecule has 128 valence electrons. The molecular weight excluding hydrogens is 338 g/mol. The topological polar surface area (TPSA) is 92.5 Å². The van der Waals surface area contributed by atoms with Gasteiger partial charge < -0.3 is 14.2 Å². The Morgan fingerprint density at radius 1 is 1.08 bits per heavy atom. The summed E-state index contributed by atoms with van der Waals surface area (Å²) < 4.78 is 16.5. The van der Waals surface area contributed by atoms with Gasteiger partial charge in [-0.15, -0.1) is 5.10 Å². The van der Waals surface area contributed by atoms with Gasteiger partial charge in [0.25, 0.3) is 0 Å². The Bertz CT molecular complexity index is 714. The first-order valence-electron chi connectivity index (χ1n) is 7.22. The Hall–Kier alpha value is -2.61. The molecule has 0 aliphatic heterocycles. The van der Waals surface area contributed by atoms with Gasteiger partial charge in [-0.3, -0.25) is 0 Å². The minimum Gasteiger partial charge on any atom is -0.471 e. The molecule has 0 aliphatic rings. The van der Waals surface area contributed by atoms with E-state index in [1.807, 2.05) is 0 Å². The molecule has 0 aliphatic carbocycles. The van der Waals surface area contributed by atoms with Gasteiger partial charge in [0.2, 0.25) is 5.69 Å². The molecule has 0 atom stereocenters. The fraction of sp³-hybridized carbons (Fsp3) is 0.333. The lowest BCUT2D eigenvalue weighted by Crippen LogP contribution is -2.19. The molecule has 24 heavy (non-hydrogen) atoms. The predicted molar refractivity (Wildman–Crippen MR) is 84.0 cm³/mol. The molecule has 1 aromatic carbocycles. The standard InChI is InChI=1S/C15H16ClN3O5/c1-3-22-14(20)12-13(15(21)23-4-2)19(18-17-12)9-24-11-7-5-10(16)6-8-11/h5-8H,3-4,9H2,1-2H3. The van der Waals surface area contributed by atoms with Gasteiger partial charge in [-0.25, -0.2) is 14.3 Å². The molecule has 0 unspecified atom stereocenters. The van der Waals surface area contributed by atoms with Crippen molar-refractivity contribution in [3.8, 4) is 5.75 Å². The molecule has 0 saturated heterocycles. The van der Waals surface area contributed by atoms with Crippen molar-refractivity contribution >= 4 is 23.5 Å². The minimum absolute atomic E-state index is 0.121. The van der Waals surface area contributed by atoms with E-state index in [0.717, 1.165) is 4.68 Å². The van der Waals surface area contributed by atoms with Crippen LogP contribution in [0, 0.1) is 0 Å². The maximum absolute atomic E-state index is 12.1. The van der Waals surface area contributed by atoms with Gasteiger partial charge in [0.1, 0.15) is 5.75 Å². The number of halogens is 1. The average Bonchev–Trinajstić information content (AvgIpc) is 2.99. The molecule has 0 bridgehead atoms. The lowest BCUT2D eigenvalue weighted by atomic mass is 10.3. The van der Waals surface area contributed by atoms with Crippen LogP contribution >= 0.6 is 11.6 Å². The van der Waals surface area contributed by atoms with E-state index in [2.05, 4.69) is 10.3 Å². The first-order chi connectivity index (χ1) is 11.6. The van der Waals surface area contributed by atoms with Crippen LogP contribution in [0.15, 0.2) is 24.3 Å². The summed E-state index contributed by atoms with van der Waals surface area (Å²) >= 11 is 5.80. The zero-order chi connectivity index (χ0) is 17.5. The fourth-order valence-electron chi connectivity index (χ4n) is 1.81. The lowest BCUT2D eigenvalue weighted by Gasteiger charge is -2.09. The molecule has 8 nitrogen and oxygen atoms in total. The SMILES string of the molecule is CCOC(=O)c1nnn(COc2ccc(Cl)cc2)c1C(=O)OCC. The molecule has 0 radical (unpaired) electrons. The molecule has 0 N–H and O–H groups in total. The van der Waals surface area contributed by atoms with Gasteiger partial charge >= 0.3 is 11.9 Å². The van der Waals surface area contributed by atoms with Crippen LogP contribution in [0.5, 0.6) is 5.75 Å². The minimum atomic E-state index is -0.752. The Balaban J connectivity index is 2.23. The zero-order valence-corrected chi connectivity index (χ0v) is 13.9. The molecule has 2 rings (SSSR count). The lowest BCUT2D eigenvalue weighted by molar-refractivity contribution is 0.0461. The summed E-state index contributed by atoms with van der Waals surface area (Å²) in [6.45, 7) is 3.46. The third-order valence-electron chi connectivity index (χ3n) is 2.84. The largest absolute Gasteiger partial charge is 0.471 e. The van der Waals surface area contributed by atoms with Crippen molar-refractivity contribution in [1.29, 1.82) is 0 Å². The molecule has 0 amide bonds. The van der Waals surface area contributed by atoms with Gasteiger partial charge in [0, 0.05) is 5.02 Å². The predicted octanol–water partition coefficient (Wildman–Crippen LogP) is 2.32. The number of carbonyl (C=O) groups is 2. The molecule has 1 heterocycles. The third kappa shape index (κ3) is 4.23. The number of esters is 2. The summed E-state index contributed by atoms with van der Waals surface area (Å²) in [6.07, 6.45) is 0. The van der Waals surface area contributed by atoms with Crippen molar-refractivity contribution in [3.63, 3.8) is 0 Å². The maximum Gasteiger partial charge on any atom is 0.361 e. The van der Waals surface area contributed by atoms with Crippen LogP contribution < -0.4 is 4.74 Å². The van der Waals surface area contributed by atoms with E-state index < -0.39 is 11.9 Å². The number of benzene rings is 1. The van der Waals surface area contributed by atoms with Crippen LogP contribution in [0.25, 0.3) is 0 Å². The van der Waals surface area contributed by atoms with Crippen molar-refractivity contribution in [3.05, 3.63) is 40.7 Å². The Labute approximate surface area is 143 Å². The molecule has 0 spiro atoms. The number of ether oxygens (including phenoxy) is 3. The Kier molecular flexibility index (Phi) is 6.14. The van der Waals surface area contributed by atoms with E-state index in [4.69, 9.17) is 25.8 Å². The molecule has 0 fully saturated rings. The highest BCUT2D eigenvalue weighted by Gasteiger charge is 2.27. The van der Waals surface area contributed by atoms with Gasteiger partial charge in [-0.1, -0.05) is 16.8 Å². The van der Waals surface area contributed by atoms with Crippen LogP contribution in [0.1, 0.15) is 34.8 Å². The summed E-state index contributed by atoms with van der Waals surface area (Å²) in [7, 11) is 0. The molecule has 9 heteroatoms. The van der Waals surface area contributed by atoms with Crippen LogP contribution in [-0.2, 0) is 16.2 Å². The number of hydrogen-bond donors (Lipinski definition) is 0. The van der Waals surface area contributed by atoms with Gasteiger partial charge in [-0.05, 0) is 38.1 Å². The van der Waals surface area contributed by atoms with E-state index >= 15 is 0 Å². The smallest absolute Gasteiger partial charge is 0.361 e. The van der Waals surface area contributed by atoms with Crippen molar-refractivity contribution in [2.24, 2.45) is 0 Å². The van der Waals surface area contributed by atoms with E-state index in [1.165, 1.54) is 0 Å². The quantitative estimate of drug-likeness (QED) is 0.705. The highest BCUT2D eigenvalue weighted by molar-refractivity contribution is 6.30. The van der Waals surface area contributed by atoms with Crippen molar-refractivity contribution < 1.29 is 23.8 Å². The maximum atomic E-state index is 12.1. The van der Waals surface area contributed by atoms with E-state index in [1.54, 1.807) is 38.1 Å². The molecule has 0 saturated carbocycles. The van der Waals surface area contributed by atoms with Crippen LogP contribution in [0.4, 0.5) is 0 Å². The molecule has 1 aromatic heterocycles. The van der Waals surface area contributed by atoms with Gasteiger partial charge in [-0.2, -0.15) is 0 Å². The van der Waals surface area contributed by atoms with E-state index in [0.29, 0.717) is 10.8 Å². The molecular formula is C15H16ClN3O5. The number of carbonyl (C=O) groups excluding carboxylic acids is 2. The van der Waals surface area contributed by atoms with Crippen LogP contribution in [-0.4, -0.2) is 40.1 Å². The second kappa shape index (κ2) is 8.30. The van der Waals surface area contributed by atoms with E-state index in [-0.39, 0.29) is 31.3 Å². The number of rotatable bonds is 7. The fourth-order valence-corrected chi connectivity index (χ4v) is 1.93. The normalized spacial score (nSPS) is 10.3. The van der Waals surface area contributed by atoms with Crippen molar-refractivity contribution in [1.82, 2.24) is 15.0 Å². The van der Waals surface area contributed by atoms with Gasteiger partial charge in [0.05, 0.1) is 13.2 Å². The molecule has 2 aromatic rings. The second-order valence-corrected chi connectivity index (χ2v) is 4.89. The average molecular weight is 354 g/mol. The van der Waals surface area contributed by atoms with Crippen LogP contribution in [0.2, 0.25) is 5.02 Å². The number of hydrogen-bond acceptors (Lipinski definition) is 7. The zero-order valence-electron chi connectivity index (χ0n) is 13.2. The van der Waals surface area contributed by atoms with Crippen molar-refractivity contribution in [2.45, 2.75) is 20.6 Å².